The molecule has 0 amide bonds. The number of halogens is 6. The zero-order valence-electron chi connectivity index (χ0n) is 9.02. The Labute approximate surface area is 103 Å². The first-order valence-electron chi connectivity index (χ1n) is 4.70. The van der Waals surface area contributed by atoms with E-state index in [-0.39, 0.29) is 6.07 Å². The molecule has 0 saturated carbocycles. The molecule has 0 bridgehead atoms. The average Bonchev–Trinajstić information content (AvgIpc) is 2.26. The van der Waals surface area contributed by atoms with Crippen molar-refractivity contribution >= 4 is 0 Å². The second kappa shape index (κ2) is 4.81. The summed E-state index contributed by atoms with van der Waals surface area (Å²) in [6.07, 6.45) is -11.4. The molecular weight excluding hydrogens is 274 g/mol. The van der Waals surface area contributed by atoms with Gasteiger partial charge in [-0.25, -0.2) is 0 Å². The molecule has 0 fully saturated rings. The van der Waals surface area contributed by atoms with Gasteiger partial charge >= 0.3 is 12.4 Å². The van der Waals surface area contributed by atoms with Crippen LogP contribution in [0, 0.1) is 22.7 Å². The van der Waals surface area contributed by atoms with Crippen LogP contribution in [0.2, 0.25) is 0 Å². The fourth-order valence-electron chi connectivity index (χ4n) is 1.58. The normalized spacial score (nSPS) is 11.8. The number of alkyl halides is 6. The lowest BCUT2D eigenvalue weighted by Gasteiger charge is -2.18. The Kier molecular flexibility index (Phi) is 3.75. The number of nitrogens with zero attached hydrogens (tertiary/aromatic N) is 2. The van der Waals surface area contributed by atoms with Crippen molar-refractivity contribution < 1.29 is 26.3 Å². The first kappa shape index (κ1) is 14.8. The van der Waals surface area contributed by atoms with Gasteiger partial charge in [0.15, 0.2) is 0 Å². The van der Waals surface area contributed by atoms with E-state index >= 15 is 0 Å². The summed E-state index contributed by atoms with van der Waals surface area (Å²) in [6, 6.07) is 3.51. The Morgan fingerprint density at radius 2 is 1.53 bits per heavy atom. The molecule has 1 aromatic rings. The quantitative estimate of drug-likeness (QED) is 0.736. The third-order valence-electron chi connectivity index (χ3n) is 2.28. The van der Waals surface area contributed by atoms with Gasteiger partial charge in [0.2, 0.25) is 0 Å². The molecule has 0 radical (unpaired) electrons. The average molecular weight is 278 g/mol. The van der Waals surface area contributed by atoms with Crippen LogP contribution < -0.4 is 0 Å². The molecule has 0 aliphatic heterocycles. The third kappa shape index (κ3) is 2.97. The zero-order chi connectivity index (χ0) is 14.8. The molecule has 1 rings (SSSR count). The summed E-state index contributed by atoms with van der Waals surface area (Å²) in [6.45, 7) is 0. The van der Waals surface area contributed by atoms with Crippen molar-refractivity contribution in [3.05, 3.63) is 34.4 Å². The summed E-state index contributed by atoms with van der Waals surface area (Å²) < 4.78 is 76.0. The van der Waals surface area contributed by atoms with Crippen molar-refractivity contribution in [2.75, 3.05) is 0 Å². The minimum atomic E-state index is -5.30. The fraction of sp³-hybridized carbons (Fsp3) is 0.273. The lowest BCUT2D eigenvalue weighted by atomic mass is 9.93. The molecule has 8 heteroatoms. The topological polar surface area (TPSA) is 47.6 Å². The zero-order valence-corrected chi connectivity index (χ0v) is 9.02. The van der Waals surface area contributed by atoms with Crippen LogP contribution in [0.4, 0.5) is 26.3 Å². The highest BCUT2D eigenvalue weighted by Crippen LogP contribution is 2.43. The molecule has 19 heavy (non-hydrogen) atoms. The standard InChI is InChI=1S/C11H4F6N2/c12-10(13,14)8-2-1-6(5-19)7(3-4-18)9(8)11(15,16)17/h1-2H,3H2. The number of rotatable bonds is 1. The predicted molar refractivity (Wildman–Crippen MR) is 50.5 cm³/mol. The van der Waals surface area contributed by atoms with Gasteiger partial charge in [-0.15, -0.1) is 0 Å². The Morgan fingerprint density at radius 1 is 0.947 bits per heavy atom. The van der Waals surface area contributed by atoms with Crippen LogP contribution in [-0.4, -0.2) is 0 Å². The Hall–Kier alpha value is -2.22. The van der Waals surface area contributed by atoms with Gasteiger partial charge < -0.3 is 0 Å². The van der Waals surface area contributed by atoms with Gasteiger partial charge in [0.25, 0.3) is 0 Å². The van der Waals surface area contributed by atoms with E-state index in [1.807, 2.05) is 0 Å². The van der Waals surface area contributed by atoms with E-state index in [9.17, 15) is 26.3 Å². The molecule has 0 saturated heterocycles. The van der Waals surface area contributed by atoms with Gasteiger partial charge in [0.1, 0.15) is 0 Å². The lowest BCUT2D eigenvalue weighted by Crippen LogP contribution is -2.20. The van der Waals surface area contributed by atoms with E-state index in [1.165, 1.54) is 12.1 Å². The Balaban J connectivity index is 3.77. The molecule has 0 aliphatic carbocycles. The van der Waals surface area contributed by atoms with E-state index in [4.69, 9.17) is 10.5 Å². The monoisotopic (exact) mass is 278 g/mol. The fourth-order valence-corrected chi connectivity index (χ4v) is 1.58. The van der Waals surface area contributed by atoms with Crippen LogP contribution in [0.25, 0.3) is 0 Å². The maximum atomic E-state index is 12.8. The first-order chi connectivity index (χ1) is 8.62. The van der Waals surface area contributed by atoms with Crippen LogP contribution in [0.15, 0.2) is 12.1 Å². The molecule has 0 N–H and O–H groups in total. The SMILES string of the molecule is N#CCc1c(C#N)ccc(C(F)(F)F)c1C(F)(F)F. The maximum absolute atomic E-state index is 12.8. The van der Waals surface area contributed by atoms with Gasteiger partial charge in [0, 0.05) is 0 Å². The van der Waals surface area contributed by atoms with Crippen LogP contribution in [0.1, 0.15) is 22.3 Å². The summed E-state index contributed by atoms with van der Waals surface area (Å²) in [5.41, 5.74) is -5.42. The van der Waals surface area contributed by atoms with Crippen LogP contribution in [0.5, 0.6) is 0 Å². The van der Waals surface area contributed by atoms with Crippen molar-refractivity contribution in [1.82, 2.24) is 0 Å². The van der Waals surface area contributed by atoms with Crippen molar-refractivity contribution in [2.45, 2.75) is 18.8 Å². The Morgan fingerprint density at radius 3 is 1.89 bits per heavy atom. The van der Waals surface area contributed by atoms with Gasteiger partial charge in [-0.05, 0) is 17.7 Å². The molecule has 0 atom stereocenters. The number of nitriles is 2. The molecule has 0 unspecified atom stereocenters. The molecular formula is C11H4F6N2. The van der Waals surface area contributed by atoms with Crippen molar-refractivity contribution in [3.8, 4) is 12.1 Å². The largest absolute Gasteiger partial charge is 0.417 e. The van der Waals surface area contributed by atoms with Crippen molar-refractivity contribution in [3.63, 3.8) is 0 Å². The summed E-state index contributed by atoms with van der Waals surface area (Å²) >= 11 is 0. The van der Waals surface area contributed by atoms with E-state index in [1.54, 1.807) is 0 Å². The summed E-state index contributed by atoms with van der Waals surface area (Å²) in [5, 5.41) is 17.0. The van der Waals surface area contributed by atoms with E-state index in [0.29, 0.717) is 6.07 Å². The van der Waals surface area contributed by atoms with E-state index < -0.39 is 41.0 Å². The van der Waals surface area contributed by atoms with Crippen molar-refractivity contribution in [2.24, 2.45) is 0 Å². The van der Waals surface area contributed by atoms with Gasteiger partial charge in [-0.3, -0.25) is 0 Å². The summed E-state index contributed by atoms with van der Waals surface area (Å²) in [5.74, 6) is 0. The van der Waals surface area contributed by atoms with Crippen LogP contribution in [0.3, 0.4) is 0 Å². The van der Waals surface area contributed by atoms with Crippen molar-refractivity contribution in [1.29, 1.82) is 10.5 Å². The molecule has 0 spiro atoms. The molecule has 0 aromatic heterocycles. The van der Waals surface area contributed by atoms with Gasteiger partial charge in [0.05, 0.1) is 35.2 Å². The van der Waals surface area contributed by atoms with Gasteiger partial charge in [-0.2, -0.15) is 36.9 Å². The molecule has 0 heterocycles. The highest BCUT2D eigenvalue weighted by molar-refractivity contribution is 5.50. The highest BCUT2D eigenvalue weighted by atomic mass is 19.4. The second-order valence-electron chi connectivity index (χ2n) is 3.46. The predicted octanol–water partition coefficient (Wildman–Crippen LogP) is 3.66. The second-order valence-corrected chi connectivity index (χ2v) is 3.46. The van der Waals surface area contributed by atoms with E-state index in [0.717, 1.165) is 0 Å². The smallest absolute Gasteiger partial charge is 0.198 e. The number of hydrogen-bond acceptors (Lipinski definition) is 2. The molecule has 2 nitrogen and oxygen atoms in total. The Bertz CT molecular complexity index is 571. The third-order valence-corrected chi connectivity index (χ3v) is 2.28. The van der Waals surface area contributed by atoms with E-state index in [2.05, 4.69) is 0 Å². The molecule has 1 aromatic carbocycles. The minimum absolute atomic E-state index is 0.197. The molecule has 100 valence electrons. The summed E-state index contributed by atoms with van der Waals surface area (Å²) in [7, 11) is 0. The van der Waals surface area contributed by atoms with Crippen LogP contribution >= 0.6 is 0 Å². The highest BCUT2D eigenvalue weighted by Gasteiger charge is 2.45. The minimum Gasteiger partial charge on any atom is -0.198 e. The first-order valence-corrected chi connectivity index (χ1v) is 4.70. The van der Waals surface area contributed by atoms with Gasteiger partial charge in [-0.1, -0.05) is 0 Å². The number of benzene rings is 1. The molecule has 0 aliphatic rings. The maximum Gasteiger partial charge on any atom is 0.417 e. The number of hydrogen-bond donors (Lipinski definition) is 0. The summed E-state index contributed by atoms with van der Waals surface area (Å²) in [4.78, 5) is 0. The van der Waals surface area contributed by atoms with Crippen LogP contribution in [-0.2, 0) is 18.8 Å². The lowest BCUT2D eigenvalue weighted by molar-refractivity contribution is -0.162.